The number of nitrogens with two attached hydrogens (primary N) is 1. The van der Waals surface area contributed by atoms with Gasteiger partial charge in [-0.05, 0) is 26.8 Å². The van der Waals surface area contributed by atoms with Crippen LogP contribution in [0.3, 0.4) is 0 Å². The van der Waals surface area contributed by atoms with Crippen LogP contribution in [0.1, 0.15) is 31.9 Å². The highest BCUT2D eigenvalue weighted by Crippen LogP contribution is 2.44. The minimum Gasteiger partial charge on any atom is -0.490 e. The van der Waals surface area contributed by atoms with Crippen molar-refractivity contribution in [1.29, 1.82) is 5.41 Å². The number of rotatable bonds is 6. The topological polar surface area (TPSA) is 89.9 Å². The van der Waals surface area contributed by atoms with E-state index in [1.807, 2.05) is 20.8 Å². The number of hydrogen-bond donors (Lipinski definition) is 2. The molecule has 0 saturated carbocycles. The molecule has 1 aliphatic heterocycles. The Bertz CT molecular complexity index is 567. The Balaban J connectivity index is 2.66. The highest BCUT2D eigenvalue weighted by atomic mass is 16.5. The van der Waals surface area contributed by atoms with Gasteiger partial charge in [0.05, 0.1) is 25.4 Å². The molecule has 3 N–H and O–H groups in total. The average molecular weight is 277 g/mol. The van der Waals surface area contributed by atoms with Gasteiger partial charge in [-0.1, -0.05) is 0 Å². The number of fused-ring (bicyclic) bond motifs is 1. The Morgan fingerprint density at radius 3 is 2.25 bits per heavy atom. The SMILES string of the molecule is CCOc1cc2c(c(OCC)c1OCC)C(=N)N=C2N. The van der Waals surface area contributed by atoms with Crippen LogP contribution in [0, 0.1) is 5.41 Å². The molecular weight excluding hydrogens is 258 g/mol. The summed E-state index contributed by atoms with van der Waals surface area (Å²) in [7, 11) is 0. The molecule has 0 radical (unpaired) electrons. The van der Waals surface area contributed by atoms with Crippen molar-refractivity contribution in [3.8, 4) is 17.2 Å². The first-order valence-corrected chi connectivity index (χ1v) is 6.66. The lowest BCUT2D eigenvalue weighted by atomic mass is 10.1. The molecule has 0 fully saturated rings. The summed E-state index contributed by atoms with van der Waals surface area (Å²) < 4.78 is 16.9. The van der Waals surface area contributed by atoms with E-state index in [9.17, 15) is 0 Å². The zero-order valence-corrected chi connectivity index (χ0v) is 11.9. The monoisotopic (exact) mass is 277 g/mol. The fraction of sp³-hybridized carbons (Fsp3) is 0.429. The van der Waals surface area contributed by atoms with E-state index < -0.39 is 0 Å². The molecule has 108 valence electrons. The maximum absolute atomic E-state index is 7.94. The van der Waals surface area contributed by atoms with Crippen LogP contribution in [0.15, 0.2) is 11.1 Å². The van der Waals surface area contributed by atoms with Crippen LogP contribution >= 0.6 is 0 Å². The molecular formula is C14H19N3O3. The summed E-state index contributed by atoms with van der Waals surface area (Å²) >= 11 is 0. The van der Waals surface area contributed by atoms with Crippen molar-refractivity contribution in [3.63, 3.8) is 0 Å². The molecule has 1 heterocycles. The second kappa shape index (κ2) is 5.81. The van der Waals surface area contributed by atoms with Gasteiger partial charge in [0, 0.05) is 5.56 Å². The van der Waals surface area contributed by atoms with Crippen molar-refractivity contribution in [2.75, 3.05) is 19.8 Å². The van der Waals surface area contributed by atoms with Crippen molar-refractivity contribution in [2.45, 2.75) is 20.8 Å². The van der Waals surface area contributed by atoms with Gasteiger partial charge in [-0.2, -0.15) is 0 Å². The van der Waals surface area contributed by atoms with Crippen LogP contribution in [-0.4, -0.2) is 31.5 Å². The van der Waals surface area contributed by atoms with E-state index in [1.165, 1.54) is 0 Å². The summed E-state index contributed by atoms with van der Waals surface area (Å²) in [6.45, 7) is 7.08. The van der Waals surface area contributed by atoms with Crippen molar-refractivity contribution in [2.24, 2.45) is 10.7 Å². The molecule has 0 spiro atoms. The van der Waals surface area contributed by atoms with Crippen molar-refractivity contribution in [3.05, 3.63) is 17.2 Å². The number of nitrogens with one attached hydrogen (secondary N) is 1. The molecule has 0 aromatic heterocycles. The second-order valence-electron chi connectivity index (χ2n) is 4.10. The smallest absolute Gasteiger partial charge is 0.204 e. The first kappa shape index (κ1) is 14.2. The quantitative estimate of drug-likeness (QED) is 0.831. The van der Waals surface area contributed by atoms with Crippen LogP contribution in [-0.2, 0) is 0 Å². The Morgan fingerprint density at radius 2 is 1.65 bits per heavy atom. The number of hydrogen-bond acceptors (Lipinski definition) is 5. The minimum absolute atomic E-state index is 0.0879. The van der Waals surface area contributed by atoms with Crippen molar-refractivity contribution < 1.29 is 14.2 Å². The van der Waals surface area contributed by atoms with Crippen LogP contribution in [0.4, 0.5) is 0 Å². The molecule has 1 aliphatic rings. The van der Waals surface area contributed by atoms with Gasteiger partial charge in [0.2, 0.25) is 5.75 Å². The van der Waals surface area contributed by atoms with E-state index in [0.29, 0.717) is 54.0 Å². The molecule has 20 heavy (non-hydrogen) atoms. The Hall–Kier alpha value is -2.24. The van der Waals surface area contributed by atoms with Crippen LogP contribution in [0.2, 0.25) is 0 Å². The van der Waals surface area contributed by atoms with Gasteiger partial charge < -0.3 is 19.9 Å². The lowest BCUT2D eigenvalue weighted by Crippen LogP contribution is -2.13. The third-order valence-electron chi connectivity index (χ3n) is 2.82. The number of ether oxygens (including phenoxy) is 3. The van der Waals surface area contributed by atoms with Crippen molar-refractivity contribution >= 4 is 11.7 Å². The zero-order chi connectivity index (χ0) is 14.7. The van der Waals surface area contributed by atoms with Gasteiger partial charge in [-0.25, -0.2) is 4.99 Å². The standard InChI is InChI=1S/C14H19N3O3/c1-4-18-9-7-8-10(14(16)17-13(8)15)12(20-6-3)11(9)19-5-2/h7H,4-6H2,1-3H3,(H3,15,16,17). The van der Waals surface area contributed by atoms with Crippen LogP contribution < -0.4 is 19.9 Å². The summed E-state index contributed by atoms with van der Waals surface area (Å²) in [5, 5.41) is 7.94. The second-order valence-corrected chi connectivity index (χ2v) is 4.10. The molecule has 1 aromatic carbocycles. The van der Waals surface area contributed by atoms with Crippen LogP contribution in [0.5, 0.6) is 17.2 Å². The fourth-order valence-electron chi connectivity index (χ4n) is 2.12. The summed E-state index contributed by atoms with van der Waals surface area (Å²) in [4.78, 5) is 3.99. The molecule has 0 unspecified atom stereocenters. The van der Waals surface area contributed by atoms with E-state index in [-0.39, 0.29) is 5.84 Å². The molecule has 6 nitrogen and oxygen atoms in total. The Morgan fingerprint density at radius 1 is 1.05 bits per heavy atom. The van der Waals surface area contributed by atoms with Gasteiger partial charge in [-0.15, -0.1) is 0 Å². The van der Waals surface area contributed by atoms with E-state index >= 15 is 0 Å². The molecule has 0 amide bonds. The van der Waals surface area contributed by atoms with Gasteiger partial charge in [-0.3, -0.25) is 5.41 Å². The molecule has 2 rings (SSSR count). The molecule has 0 aliphatic carbocycles. The number of benzene rings is 1. The summed E-state index contributed by atoms with van der Waals surface area (Å²) in [5.74, 6) is 1.93. The van der Waals surface area contributed by atoms with Gasteiger partial charge in [0.15, 0.2) is 17.3 Å². The Kier molecular flexibility index (Phi) is 4.12. The first-order chi connectivity index (χ1) is 9.63. The largest absolute Gasteiger partial charge is 0.490 e. The van der Waals surface area contributed by atoms with E-state index in [0.717, 1.165) is 0 Å². The molecule has 0 saturated heterocycles. The van der Waals surface area contributed by atoms with Gasteiger partial charge in [0.25, 0.3) is 0 Å². The van der Waals surface area contributed by atoms with E-state index in [2.05, 4.69) is 4.99 Å². The maximum atomic E-state index is 7.94. The fourth-order valence-corrected chi connectivity index (χ4v) is 2.12. The molecule has 1 aromatic rings. The lowest BCUT2D eigenvalue weighted by molar-refractivity contribution is 0.260. The third kappa shape index (κ3) is 2.29. The lowest BCUT2D eigenvalue weighted by Gasteiger charge is -2.18. The molecule has 0 bridgehead atoms. The predicted molar refractivity (Wildman–Crippen MR) is 77.5 cm³/mol. The predicted octanol–water partition coefficient (Wildman–Crippen LogP) is 1.93. The van der Waals surface area contributed by atoms with Crippen LogP contribution in [0.25, 0.3) is 0 Å². The maximum Gasteiger partial charge on any atom is 0.204 e. The number of nitrogens with zero attached hydrogens (tertiary/aromatic N) is 1. The normalized spacial score (nSPS) is 12.9. The van der Waals surface area contributed by atoms with E-state index in [4.69, 9.17) is 25.4 Å². The van der Waals surface area contributed by atoms with Crippen molar-refractivity contribution in [1.82, 2.24) is 0 Å². The van der Waals surface area contributed by atoms with Gasteiger partial charge in [0.1, 0.15) is 5.84 Å². The molecule has 0 atom stereocenters. The highest BCUT2D eigenvalue weighted by molar-refractivity contribution is 6.22. The summed E-state index contributed by atoms with van der Waals surface area (Å²) in [6.07, 6.45) is 0. The zero-order valence-electron chi connectivity index (χ0n) is 11.9. The first-order valence-electron chi connectivity index (χ1n) is 6.66. The summed E-state index contributed by atoms with van der Waals surface area (Å²) in [6, 6.07) is 1.76. The molecule has 6 heteroatoms. The highest BCUT2D eigenvalue weighted by Gasteiger charge is 2.29. The Labute approximate surface area is 118 Å². The number of aliphatic imine (C=N–C) groups is 1. The van der Waals surface area contributed by atoms with Gasteiger partial charge >= 0.3 is 0 Å². The minimum atomic E-state index is 0.0879. The summed E-state index contributed by atoms with van der Waals surface area (Å²) in [5.41, 5.74) is 7.07. The third-order valence-corrected chi connectivity index (χ3v) is 2.82. The van der Waals surface area contributed by atoms with E-state index in [1.54, 1.807) is 6.07 Å². The number of amidine groups is 2. The average Bonchev–Trinajstić information content (AvgIpc) is 2.69.